The van der Waals surface area contributed by atoms with Crippen LogP contribution in [0.25, 0.3) is 0 Å². The summed E-state index contributed by atoms with van der Waals surface area (Å²) in [5, 5.41) is 11.7. The van der Waals surface area contributed by atoms with Crippen LogP contribution < -0.4 is 5.32 Å². The van der Waals surface area contributed by atoms with E-state index < -0.39 is 5.97 Å². The number of carbonyl (C=O) groups is 1. The third kappa shape index (κ3) is 3.10. The predicted octanol–water partition coefficient (Wildman–Crippen LogP) is 3.35. The van der Waals surface area contributed by atoms with Crippen LogP contribution in [0.15, 0.2) is 45.3 Å². The molecule has 0 amide bonds. The Morgan fingerprint density at radius 3 is 2.82 bits per heavy atom. The van der Waals surface area contributed by atoms with Crippen LogP contribution in [0.2, 0.25) is 0 Å². The second-order valence-electron chi connectivity index (χ2n) is 3.45. The topological polar surface area (TPSA) is 62.5 Å². The van der Waals surface area contributed by atoms with Gasteiger partial charge in [-0.15, -0.1) is 0 Å². The van der Waals surface area contributed by atoms with E-state index in [-0.39, 0.29) is 5.76 Å². The number of hydrogen-bond donors (Lipinski definition) is 2. The number of hydrogen-bond acceptors (Lipinski definition) is 3. The van der Waals surface area contributed by atoms with Crippen LogP contribution in [0.1, 0.15) is 16.1 Å². The van der Waals surface area contributed by atoms with Gasteiger partial charge in [0.1, 0.15) is 0 Å². The Bertz CT molecular complexity index is 536. The molecule has 0 aliphatic rings. The first-order valence-corrected chi connectivity index (χ1v) is 5.76. The van der Waals surface area contributed by atoms with Gasteiger partial charge in [0.25, 0.3) is 0 Å². The van der Waals surface area contributed by atoms with Crippen molar-refractivity contribution in [3.8, 4) is 0 Å². The fraction of sp³-hybridized carbons (Fsp3) is 0.0833. The number of aromatic carboxylic acids is 1. The van der Waals surface area contributed by atoms with Gasteiger partial charge in [-0.1, -0.05) is 28.1 Å². The standard InChI is InChI=1S/C12H10BrNO3/c13-9-3-1-2-8(6-9)7-14-11-5-4-10(17-11)12(15)16/h1-6,14H,7H2,(H,15,16). The van der Waals surface area contributed by atoms with Crippen molar-refractivity contribution in [2.75, 3.05) is 5.32 Å². The van der Waals surface area contributed by atoms with E-state index in [0.29, 0.717) is 12.4 Å². The zero-order valence-corrected chi connectivity index (χ0v) is 10.4. The fourth-order valence-electron chi connectivity index (χ4n) is 1.38. The molecule has 0 radical (unpaired) electrons. The first-order chi connectivity index (χ1) is 8.15. The van der Waals surface area contributed by atoms with Crippen LogP contribution in [0.3, 0.4) is 0 Å². The molecular weight excluding hydrogens is 286 g/mol. The highest BCUT2D eigenvalue weighted by Gasteiger charge is 2.08. The summed E-state index contributed by atoms with van der Waals surface area (Å²) in [7, 11) is 0. The highest BCUT2D eigenvalue weighted by molar-refractivity contribution is 9.10. The van der Waals surface area contributed by atoms with E-state index >= 15 is 0 Å². The smallest absolute Gasteiger partial charge is 0.371 e. The molecule has 5 heteroatoms. The summed E-state index contributed by atoms with van der Waals surface area (Å²) in [6.45, 7) is 0.575. The van der Waals surface area contributed by atoms with E-state index in [1.54, 1.807) is 6.07 Å². The third-order valence-corrected chi connectivity index (χ3v) is 2.67. The van der Waals surface area contributed by atoms with Gasteiger partial charge in [0.2, 0.25) is 5.76 Å². The van der Waals surface area contributed by atoms with Gasteiger partial charge in [-0.05, 0) is 23.8 Å². The summed E-state index contributed by atoms with van der Waals surface area (Å²) in [5.74, 6) is -0.690. The van der Waals surface area contributed by atoms with Gasteiger partial charge in [0, 0.05) is 17.1 Å². The summed E-state index contributed by atoms with van der Waals surface area (Å²) in [6, 6.07) is 10.9. The Labute approximate surface area is 106 Å². The lowest BCUT2D eigenvalue weighted by Crippen LogP contribution is -1.98. The number of benzene rings is 1. The van der Waals surface area contributed by atoms with E-state index in [1.807, 2.05) is 24.3 Å². The summed E-state index contributed by atoms with van der Waals surface area (Å²) < 4.78 is 6.08. The van der Waals surface area contributed by atoms with Gasteiger partial charge >= 0.3 is 5.97 Å². The molecule has 88 valence electrons. The Morgan fingerprint density at radius 2 is 2.18 bits per heavy atom. The maximum Gasteiger partial charge on any atom is 0.371 e. The van der Waals surface area contributed by atoms with Crippen LogP contribution >= 0.6 is 15.9 Å². The average Bonchev–Trinajstić information content (AvgIpc) is 2.75. The average molecular weight is 296 g/mol. The number of furan rings is 1. The lowest BCUT2D eigenvalue weighted by atomic mass is 10.2. The lowest BCUT2D eigenvalue weighted by Gasteiger charge is -2.03. The molecule has 0 unspecified atom stereocenters. The van der Waals surface area contributed by atoms with Crippen molar-refractivity contribution in [3.05, 3.63) is 52.2 Å². The Balaban J connectivity index is 2.00. The predicted molar refractivity (Wildman–Crippen MR) is 67.1 cm³/mol. The van der Waals surface area contributed by atoms with Crippen LogP contribution in [0, 0.1) is 0 Å². The van der Waals surface area contributed by atoms with Crippen LogP contribution in [0.4, 0.5) is 5.88 Å². The molecule has 1 aromatic heterocycles. The molecule has 2 aromatic rings. The van der Waals surface area contributed by atoms with Gasteiger partial charge in [-0.25, -0.2) is 4.79 Å². The van der Waals surface area contributed by atoms with E-state index in [2.05, 4.69) is 21.2 Å². The molecule has 0 fully saturated rings. The minimum atomic E-state index is -1.07. The van der Waals surface area contributed by atoms with E-state index in [4.69, 9.17) is 9.52 Å². The number of carboxylic acids is 1. The summed E-state index contributed by atoms with van der Waals surface area (Å²) in [4.78, 5) is 10.6. The first kappa shape index (κ1) is 11.7. The van der Waals surface area contributed by atoms with Crippen molar-refractivity contribution in [2.24, 2.45) is 0 Å². The van der Waals surface area contributed by atoms with Gasteiger partial charge in [-0.2, -0.15) is 0 Å². The highest BCUT2D eigenvalue weighted by Crippen LogP contribution is 2.16. The quantitative estimate of drug-likeness (QED) is 0.908. The van der Waals surface area contributed by atoms with Crippen molar-refractivity contribution in [3.63, 3.8) is 0 Å². The molecule has 1 aromatic carbocycles. The lowest BCUT2D eigenvalue weighted by molar-refractivity contribution is 0.0663. The molecule has 0 saturated carbocycles. The van der Waals surface area contributed by atoms with Crippen LogP contribution in [-0.2, 0) is 6.54 Å². The number of nitrogens with one attached hydrogen (secondary N) is 1. The second kappa shape index (κ2) is 5.05. The first-order valence-electron chi connectivity index (χ1n) is 4.96. The van der Waals surface area contributed by atoms with Gasteiger partial charge < -0.3 is 14.8 Å². The van der Waals surface area contributed by atoms with Crippen molar-refractivity contribution in [1.82, 2.24) is 0 Å². The Morgan fingerprint density at radius 1 is 1.35 bits per heavy atom. The highest BCUT2D eigenvalue weighted by atomic mass is 79.9. The molecule has 2 rings (SSSR count). The van der Waals surface area contributed by atoms with Gasteiger partial charge in [0.05, 0.1) is 0 Å². The fourth-order valence-corrected chi connectivity index (χ4v) is 1.83. The molecule has 17 heavy (non-hydrogen) atoms. The van der Waals surface area contributed by atoms with Crippen LogP contribution in [-0.4, -0.2) is 11.1 Å². The van der Waals surface area contributed by atoms with E-state index in [0.717, 1.165) is 10.0 Å². The maximum atomic E-state index is 10.6. The summed E-state index contributed by atoms with van der Waals surface area (Å²) >= 11 is 3.38. The summed E-state index contributed by atoms with van der Waals surface area (Å²) in [6.07, 6.45) is 0. The minimum absolute atomic E-state index is 0.0678. The van der Waals surface area contributed by atoms with Crippen LogP contribution in [0.5, 0.6) is 0 Å². The van der Waals surface area contributed by atoms with Crippen molar-refractivity contribution >= 4 is 27.8 Å². The Kier molecular flexibility index (Phi) is 3.49. The molecule has 0 atom stereocenters. The Hall–Kier alpha value is -1.75. The number of rotatable bonds is 4. The van der Waals surface area contributed by atoms with Gasteiger partial charge in [0.15, 0.2) is 5.88 Å². The summed E-state index contributed by atoms with van der Waals surface area (Å²) in [5.41, 5.74) is 1.08. The van der Waals surface area contributed by atoms with Crippen molar-refractivity contribution in [1.29, 1.82) is 0 Å². The molecule has 0 aliphatic heterocycles. The number of halogens is 1. The monoisotopic (exact) mass is 295 g/mol. The largest absolute Gasteiger partial charge is 0.475 e. The molecule has 2 N–H and O–H groups in total. The molecular formula is C12H10BrNO3. The van der Waals surface area contributed by atoms with Crippen molar-refractivity contribution in [2.45, 2.75) is 6.54 Å². The molecule has 0 aliphatic carbocycles. The van der Waals surface area contributed by atoms with E-state index in [1.165, 1.54) is 6.07 Å². The third-order valence-electron chi connectivity index (χ3n) is 2.17. The normalized spacial score (nSPS) is 10.2. The number of anilines is 1. The van der Waals surface area contributed by atoms with Gasteiger partial charge in [-0.3, -0.25) is 0 Å². The maximum absolute atomic E-state index is 10.6. The number of carboxylic acid groups (broad SMARTS) is 1. The zero-order valence-electron chi connectivity index (χ0n) is 8.81. The minimum Gasteiger partial charge on any atom is -0.475 e. The SMILES string of the molecule is O=C(O)c1ccc(NCc2cccc(Br)c2)o1. The molecule has 1 heterocycles. The van der Waals surface area contributed by atoms with E-state index in [9.17, 15) is 4.79 Å². The molecule has 4 nitrogen and oxygen atoms in total. The molecule has 0 saturated heterocycles. The molecule has 0 bridgehead atoms. The van der Waals surface area contributed by atoms with Crippen molar-refractivity contribution < 1.29 is 14.3 Å². The molecule has 0 spiro atoms. The zero-order chi connectivity index (χ0) is 12.3. The second-order valence-corrected chi connectivity index (χ2v) is 4.37.